The van der Waals surface area contributed by atoms with Crippen LogP contribution in [0.3, 0.4) is 0 Å². The Bertz CT molecular complexity index is 361. The Balaban J connectivity index is 2.01. The van der Waals surface area contributed by atoms with Crippen LogP contribution in [0.4, 0.5) is 0 Å². The summed E-state index contributed by atoms with van der Waals surface area (Å²) in [5.41, 5.74) is 0.169. The molecule has 1 aliphatic rings. The van der Waals surface area contributed by atoms with Crippen LogP contribution in [-0.4, -0.2) is 34.6 Å². The summed E-state index contributed by atoms with van der Waals surface area (Å²) in [6.45, 7) is 3.41. The monoisotopic (exact) mass is 221 g/mol. The molecule has 1 saturated heterocycles. The van der Waals surface area contributed by atoms with Gasteiger partial charge in [-0.25, -0.2) is 4.98 Å². The van der Waals surface area contributed by atoms with Gasteiger partial charge in [0.15, 0.2) is 0 Å². The zero-order valence-electron chi connectivity index (χ0n) is 9.27. The van der Waals surface area contributed by atoms with Crippen LogP contribution in [0.15, 0.2) is 18.6 Å². The first kappa shape index (κ1) is 11.0. The van der Waals surface area contributed by atoms with Crippen LogP contribution in [-0.2, 0) is 4.74 Å². The highest BCUT2D eigenvalue weighted by Crippen LogP contribution is 2.19. The van der Waals surface area contributed by atoms with Gasteiger partial charge in [0.1, 0.15) is 5.69 Å². The van der Waals surface area contributed by atoms with Crippen LogP contribution in [0.1, 0.15) is 30.3 Å². The van der Waals surface area contributed by atoms with Gasteiger partial charge in [-0.3, -0.25) is 9.78 Å². The minimum Gasteiger partial charge on any atom is -0.381 e. The molecule has 1 N–H and O–H groups in total. The van der Waals surface area contributed by atoms with E-state index < -0.39 is 0 Å². The molecule has 1 amide bonds. The second-order valence-corrected chi connectivity index (χ2v) is 4.22. The van der Waals surface area contributed by atoms with Gasteiger partial charge in [0, 0.05) is 31.1 Å². The Labute approximate surface area is 94.2 Å². The van der Waals surface area contributed by atoms with Crippen molar-refractivity contribution in [2.75, 3.05) is 13.2 Å². The van der Waals surface area contributed by atoms with Crippen molar-refractivity contribution in [2.24, 2.45) is 0 Å². The van der Waals surface area contributed by atoms with E-state index in [0.717, 1.165) is 12.8 Å². The Kier molecular flexibility index (Phi) is 3.14. The number of hydrogen-bond acceptors (Lipinski definition) is 4. The lowest BCUT2D eigenvalue weighted by molar-refractivity contribution is 0.0421. The molecule has 2 rings (SSSR count). The number of rotatable bonds is 2. The summed E-state index contributed by atoms with van der Waals surface area (Å²) in [5.74, 6) is -0.169. The maximum absolute atomic E-state index is 11.9. The molecular weight excluding hydrogens is 206 g/mol. The molecule has 0 atom stereocenters. The van der Waals surface area contributed by atoms with Crippen LogP contribution in [0.5, 0.6) is 0 Å². The minimum absolute atomic E-state index is 0.169. The fourth-order valence-corrected chi connectivity index (χ4v) is 1.70. The average molecular weight is 221 g/mol. The maximum Gasteiger partial charge on any atom is 0.271 e. The molecular formula is C11H15N3O2. The Morgan fingerprint density at radius 2 is 2.19 bits per heavy atom. The van der Waals surface area contributed by atoms with Gasteiger partial charge < -0.3 is 10.1 Å². The number of nitrogens with zero attached hydrogens (tertiary/aromatic N) is 2. The van der Waals surface area contributed by atoms with Crippen molar-refractivity contribution in [1.29, 1.82) is 0 Å². The summed E-state index contributed by atoms with van der Waals surface area (Å²) in [5, 5.41) is 2.99. The third kappa shape index (κ3) is 2.55. The van der Waals surface area contributed by atoms with E-state index in [0.29, 0.717) is 18.9 Å². The highest BCUT2D eigenvalue weighted by Gasteiger charge is 2.29. The highest BCUT2D eigenvalue weighted by atomic mass is 16.5. The molecule has 0 unspecified atom stereocenters. The van der Waals surface area contributed by atoms with Gasteiger partial charge in [-0.1, -0.05) is 0 Å². The predicted octanol–water partition coefficient (Wildman–Crippen LogP) is 0.776. The number of nitrogens with one attached hydrogen (secondary N) is 1. The number of carbonyl (C=O) groups excluding carboxylic acids is 1. The lowest BCUT2D eigenvalue weighted by Gasteiger charge is -2.34. The SMILES string of the molecule is CC1(NC(=O)c2cnccn2)CCOCC1. The van der Waals surface area contributed by atoms with E-state index >= 15 is 0 Å². The van der Waals surface area contributed by atoms with E-state index in [1.165, 1.54) is 12.4 Å². The van der Waals surface area contributed by atoms with Gasteiger partial charge in [0.2, 0.25) is 0 Å². The molecule has 0 radical (unpaired) electrons. The highest BCUT2D eigenvalue weighted by molar-refractivity contribution is 5.92. The van der Waals surface area contributed by atoms with Gasteiger partial charge in [-0.2, -0.15) is 0 Å². The third-order valence-corrected chi connectivity index (χ3v) is 2.81. The van der Waals surface area contributed by atoms with E-state index in [2.05, 4.69) is 15.3 Å². The topological polar surface area (TPSA) is 64.1 Å². The number of hydrogen-bond donors (Lipinski definition) is 1. The first-order valence-corrected chi connectivity index (χ1v) is 5.36. The number of carbonyl (C=O) groups is 1. The van der Waals surface area contributed by atoms with Crippen molar-refractivity contribution in [3.8, 4) is 0 Å². The third-order valence-electron chi connectivity index (χ3n) is 2.81. The second kappa shape index (κ2) is 4.57. The average Bonchev–Trinajstić information content (AvgIpc) is 2.30. The molecule has 5 nitrogen and oxygen atoms in total. The molecule has 0 aromatic carbocycles. The quantitative estimate of drug-likeness (QED) is 0.801. The van der Waals surface area contributed by atoms with E-state index in [1.807, 2.05) is 6.92 Å². The second-order valence-electron chi connectivity index (χ2n) is 4.22. The molecule has 1 aliphatic heterocycles. The van der Waals surface area contributed by atoms with Gasteiger partial charge in [0.05, 0.1) is 6.20 Å². The Morgan fingerprint density at radius 3 is 2.81 bits per heavy atom. The Morgan fingerprint density at radius 1 is 1.44 bits per heavy atom. The van der Waals surface area contributed by atoms with Crippen molar-refractivity contribution >= 4 is 5.91 Å². The fourth-order valence-electron chi connectivity index (χ4n) is 1.70. The first-order valence-electron chi connectivity index (χ1n) is 5.36. The van der Waals surface area contributed by atoms with E-state index in [4.69, 9.17) is 4.74 Å². The van der Waals surface area contributed by atoms with Gasteiger partial charge in [-0.15, -0.1) is 0 Å². The number of amides is 1. The van der Waals surface area contributed by atoms with Crippen molar-refractivity contribution in [3.63, 3.8) is 0 Å². The maximum atomic E-state index is 11.9. The smallest absolute Gasteiger partial charge is 0.271 e. The van der Waals surface area contributed by atoms with Crippen LogP contribution in [0.2, 0.25) is 0 Å². The van der Waals surface area contributed by atoms with Crippen LogP contribution < -0.4 is 5.32 Å². The summed E-state index contributed by atoms with van der Waals surface area (Å²) in [6.07, 6.45) is 6.20. The number of ether oxygens (including phenoxy) is 1. The van der Waals surface area contributed by atoms with Crippen molar-refractivity contribution in [1.82, 2.24) is 15.3 Å². The largest absolute Gasteiger partial charge is 0.381 e. The summed E-state index contributed by atoms with van der Waals surface area (Å²) in [7, 11) is 0. The van der Waals surface area contributed by atoms with Crippen LogP contribution in [0, 0.1) is 0 Å². The van der Waals surface area contributed by atoms with Gasteiger partial charge >= 0.3 is 0 Å². The molecule has 1 aromatic heterocycles. The molecule has 5 heteroatoms. The summed E-state index contributed by atoms with van der Waals surface area (Å²) < 4.78 is 5.27. The predicted molar refractivity (Wildman–Crippen MR) is 58.0 cm³/mol. The van der Waals surface area contributed by atoms with E-state index in [9.17, 15) is 4.79 Å². The molecule has 0 aliphatic carbocycles. The van der Waals surface area contributed by atoms with Crippen molar-refractivity contribution in [3.05, 3.63) is 24.3 Å². The molecule has 0 spiro atoms. The lowest BCUT2D eigenvalue weighted by Crippen LogP contribution is -2.49. The van der Waals surface area contributed by atoms with Gasteiger partial charge in [0.25, 0.3) is 5.91 Å². The Hall–Kier alpha value is -1.49. The van der Waals surface area contributed by atoms with E-state index in [-0.39, 0.29) is 11.4 Å². The van der Waals surface area contributed by atoms with Crippen molar-refractivity contribution < 1.29 is 9.53 Å². The molecule has 2 heterocycles. The molecule has 16 heavy (non-hydrogen) atoms. The summed E-state index contributed by atoms with van der Waals surface area (Å²) in [6, 6.07) is 0. The first-order chi connectivity index (χ1) is 7.70. The standard InChI is InChI=1S/C11H15N3O2/c1-11(2-6-16-7-3-11)14-10(15)9-8-12-4-5-13-9/h4-5,8H,2-3,6-7H2,1H3,(H,14,15). The molecule has 86 valence electrons. The lowest BCUT2D eigenvalue weighted by atomic mass is 9.92. The zero-order chi connectivity index (χ0) is 11.4. The molecule has 1 fully saturated rings. The minimum atomic E-state index is -0.188. The summed E-state index contributed by atoms with van der Waals surface area (Å²) >= 11 is 0. The van der Waals surface area contributed by atoms with E-state index in [1.54, 1.807) is 6.20 Å². The van der Waals surface area contributed by atoms with Crippen LogP contribution >= 0.6 is 0 Å². The summed E-state index contributed by atoms with van der Waals surface area (Å²) in [4.78, 5) is 19.7. The molecule has 0 saturated carbocycles. The molecule has 0 bridgehead atoms. The van der Waals surface area contributed by atoms with Crippen molar-refractivity contribution in [2.45, 2.75) is 25.3 Å². The van der Waals surface area contributed by atoms with Gasteiger partial charge in [-0.05, 0) is 19.8 Å². The fraction of sp³-hybridized carbons (Fsp3) is 0.545. The zero-order valence-corrected chi connectivity index (χ0v) is 9.27. The number of aromatic nitrogens is 2. The normalized spacial score (nSPS) is 19.1. The molecule has 1 aromatic rings. The van der Waals surface area contributed by atoms with Crippen LogP contribution in [0.25, 0.3) is 0 Å².